The lowest BCUT2D eigenvalue weighted by Crippen LogP contribution is -1.73. The second-order valence-corrected chi connectivity index (χ2v) is 1.56. The summed E-state index contributed by atoms with van der Waals surface area (Å²) in [5.74, 6) is 0. The summed E-state index contributed by atoms with van der Waals surface area (Å²) in [6.07, 6.45) is 0. The van der Waals surface area contributed by atoms with Crippen LogP contribution in [0, 0.1) is 0 Å². The molecule has 1 heterocycles. The third-order valence-electron chi connectivity index (χ3n) is 0.426. The smallest absolute Gasteiger partial charge is 0.149 e. The van der Waals surface area contributed by atoms with E-state index in [2.05, 4.69) is 5.43 Å². The molecule has 1 aliphatic rings. The van der Waals surface area contributed by atoms with Gasteiger partial charge in [-0.05, 0) is 0 Å². The monoisotopic (exact) mass is 91.0 g/mol. The summed E-state index contributed by atoms with van der Waals surface area (Å²) in [4.78, 5) is 0. The molecule has 1 fully saturated rings. The number of nitrogens with one attached hydrogen (secondary N) is 1. The zero-order valence-electron chi connectivity index (χ0n) is 2.56. The molecule has 0 aromatic carbocycles. The molecule has 1 rings (SSSR count). The standard InChI is InChI=1S/CH4N2OP/c4-5-3-1-2-3/h2,5H,1H2. The van der Waals surface area contributed by atoms with Gasteiger partial charge in [-0.3, -0.25) is 4.57 Å². The fraction of sp³-hybridized carbons (Fsp3) is 1.00. The van der Waals surface area contributed by atoms with Gasteiger partial charge in [-0.15, -0.1) is 0 Å². The lowest BCUT2D eigenvalue weighted by Gasteiger charge is -1.64. The summed E-state index contributed by atoms with van der Waals surface area (Å²) < 4.78 is 11.2. The van der Waals surface area contributed by atoms with E-state index in [1.807, 2.05) is 0 Å². The van der Waals surface area contributed by atoms with E-state index >= 15 is 0 Å². The molecule has 0 saturated carbocycles. The Morgan fingerprint density at radius 3 is 2.60 bits per heavy atom. The van der Waals surface area contributed by atoms with Gasteiger partial charge >= 0.3 is 0 Å². The number of hydrogen-bond acceptors (Lipinski definition) is 2. The molecule has 0 aromatic heterocycles. The molecule has 5 heavy (non-hydrogen) atoms. The van der Waals surface area contributed by atoms with Crippen LogP contribution in [0.2, 0.25) is 0 Å². The molecule has 29 valence electrons. The van der Waals surface area contributed by atoms with Crippen molar-refractivity contribution in [2.24, 2.45) is 0 Å². The van der Waals surface area contributed by atoms with Gasteiger partial charge in [0.2, 0.25) is 0 Å². The molecule has 1 saturated heterocycles. The Morgan fingerprint density at radius 1 is 2.00 bits per heavy atom. The van der Waals surface area contributed by atoms with Gasteiger partial charge in [0.25, 0.3) is 0 Å². The Hall–Kier alpha value is 0.0200. The molecule has 1 aliphatic heterocycles. The quantitative estimate of drug-likeness (QED) is 0.356. The Balaban J connectivity index is 2.21. The minimum Gasteiger partial charge on any atom is -0.272 e. The number of hydrazine groups is 1. The average Bonchev–Trinajstić information content (AvgIpc) is 2.12. The van der Waals surface area contributed by atoms with Crippen LogP contribution in [-0.2, 0) is 4.57 Å². The van der Waals surface area contributed by atoms with E-state index in [1.54, 1.807) is 4.78 Å². The second kappa shape index (κ2) is 1.01. The summed E-state index contributed by atoms with van der Waals surface area (Å²) in [5, 5.41) is 0. The fourth-order valence-electron chi connectivity index (χ4n) is 0.0999. The molecule has 0 aliphatic carbocycles. The van der Waals surface area contributed by atoms with Crippen LogP contribution in [0.25, 0.3) is 0 Å². The van der Waals surface area contributed by atoms with Gasteiger partial charge in [0.15, 0.2) is 0 Å². The zero-order chi connectivity index (χ0) is 3.70. The Bertz CT molecular complexity index is 51.6. The second-order valence-electron chi connectivity index (χ2n) is 0.836. The SMILES string of the molecule is O=[PH]N1CN1. The highest BCUT2D eigenvalue weighted by Gasteiger charge is 2.12. The summed E-state index contributed by atoms with van der Waals surface area (Å²) in [6, 6.07) is 0. The first-order valence-corrected chi connectivity index (χ1v) is 2.18. The lowest BCUT2D eigenvalue weighted by atomic mass is 11.4. The van der Waals surface area contributed by atoms with E-state index in [-0.39, 0.29) is 8.61 Å². The minimum atomic E-state index is -0.302. The summed E-state index contributed by atoms with van der Waals surface area (Å²) >= 11 is 0. The van der Waals surface area contributed by atoms with E-state index in [0.717, 1.165) is 6.67 Å². The molecule has 2 atom stereocenters. The van der Waals surface area contributed by atoms with Gasteiger partial charge < -0.3 is 0 Å². The molecule has 3 nitrogen and oxygen atoms in total. The number of nitrogens with zero attached hydrogens (tertiary/aromatic N) is 1. The molecular formula is CH4N2OP. The van der Waals surface area contributed by atoms with Crippen molar-refractivity contribution in [1.82, 2.24) is 10.2 Å². The van der Waals surface area contributed by atoms with Crippen molar-refractivity contribution in [3.8, 4) is 0 Å². The third kappa shape index (κ3) is 0.651. The third-order valence-corrected chi connectivity index (χ3v) is 0.963. The van der Waals surface area contributed by atoms with E-state index in [4.69, 9.17) is 0 Å². The van der Waals surface area contributed by atoms with Gasteiger partial charge in [-0.1, -0.05) is 0 Å². The van der Waals surface area contributed by atoms with E-state index in [1.165, 1.54) is 0 Å². The van der Waals surface area contributed by atoms with Crippen LogP contribution in [0.15, 0.2) is 0 Å². The average molecular weight is 91.0 g/mol. The molecule has 2 unspecified atom stereocenters. The number of rotatable bonds is 1. The topological polar surface area (TPSA) is 42.0 Å². The lowest BCUT2D eigenvalue weighted by molar-refractivity contribution is 0.576. The number of hydrogen-bond donors (Lipinski definition) is 1. The van der Waals surface area contributed by atoms with Gasteiger partial charge in [-0.2, -0.15) is 4.78 Å². The van der Waals surface area contributed by atoms with Crippen molar-refractivity contribution in [1.29, 1.82) is 0 Å². The maximum atomic E-state index is 9.58. The van der Waals surface area contributed by atoms with Crippen molar-refractivity contribution >= 4 is 8.61 Å². The van der Waals surface area contributed by atoms with Crippen LogP contribution in [0.5, 0.6) is 0 Å². The van der Waals surface area contributed by atoms with E-state index in [0.29, 0.717) is 0 Å². The Morgan fingerprint density at radius 2 is 2.60 bits per heavy atom. The van der Waals surface area contributed by atoms with Gasteiger partial charge in [-0.25, -0.2) is 5.43 Å². The van der Waals surface area contributed by atoms with Crippen LogP contribution in [-0.4, -0.2) is 11.4 Å². The first-order chi connectivity index (χ1) is 2.43. The fourth-order valence-corrected chi connectivity index (χ4v) is 0.300. The first-order valence-electron chi connectivity index (χ1n) is 1.32. The highest BCUT2D eigenvalue weighted by Crippen LogP contribution is 2.06. The zero-order valence-corrected chi connectivity index (χ0v) is 3.56. The molecule has 0 spiro atoms. The molecule has 0 amide bonds. The van der Waals surface area contributed by atoms with Crippen LogP contribution >= 0.6 is 8.61 Å². The van der Waals surface area contributed by atoms with Gasteiger partial charge in [0, 0.05) is 0 Å². The maximum absolute atomic E-state index is 9.58. The minimum absolute atomic E-state index is 0.302. The molecule has 0 aromatic rings. The molecule has 0 bridgehead atoms. The predicted octanol–water partition coefficient (Wildman–Crippen LogP) is -0.297. The van der Waals surface area contributed by atoms with Crippen LogP contribution in [0.3, 0.4) is 0 Å². The van der Waals surface area contributed by atoms with Crippen molar-refractivity contribution in [2.45, 2.75) is 0 Å². The van der Waals surface area contributed by atoms with Crippen molar-refractivity contribution in [3.63, 3.8) is 0 Å². The molecule has 1 radical (unpaired) electrons. The largest absolute Gasteiger partial charge is 0.272 e. The van der Waals surface area contributed by atoms with E-state index < -0.39 is 0 Å². The highest BCUT2D eigenvalue weighted by molar-refractivity contribution is 7.20. The Kier molecular flexibility index (Phi) is 0.651. The highest BCUT2D eigenvalue weighted by atomic mass is 31.1. The van der Waals surface area contributed by atoms with Gasteiger partial charge in [0.1, 0.15) is 8.61 Å². The van der Waals surface area contributed by atoms with Gasteiger partial charge in [0.05, 0.1) is 6.67 Å². The predicted molar refractivity (Wildman–Crippen MR) is 18.8 cm³/mol. The van der Waals surface area contributed by atoms with Crippen LogP contribution < -0.4 is 5.43 Å². The molecular weight excluding hydrogens is 87.0 g/mol. The van der Waals surface area contributed by atoms with Crippen molar-refractivity contribution < 1.29 is 4.57 Å². The normalized spacial score (nSPS) is 34.8. The summed E-state index contributed by atoms with van der Waals surface area (Å²) in [7, 11) is -0.302. The van der Waals surface area contributed by atoms with Crippen molar-refractivity contribution in [3.05, 3.63) is 0 Å². The van der Waals surface area contributed by atoms with Crippen LogP contribution in [0.1, 0.15) is 0 Å². The molecule has 4 heteroatoms. The maximum Gasteiger partial charge on any atom is 0.149 e. The summed E-state index contributed by atoms with van der Waals surface area (Å²) in [6.45, 7) is 0.794. The summed E-state index contributed by atoms with van der Waals surface area (Å²) in [5.41, 5.74) is 2.72. The van der Waals surface area contributed by atoms with E-state index in [9.17, 15) is 4.57 Å². The van der Waals surface area contributed by atoms with Crippen molar-refractivity contribution in [2.75, 3.05) is 6.67 Å². The molecule has 1 N–H and O–H groups in total. The first kappa shape index (κ1) is 3.22. The Labute approximate surface area is 31.2 Å². The van der Waals surface area contributed by atoms with Crippen LogP contribution in [0.4, 0.5) is 0 Å².